The van der Waals surface area contributed by atoms with Gasteiger partial charge in [-0.2, -0.15) is 0 Å². The van der Waals surface area contributed by atoms with Crippen LogP contribution in [0.2, 0.25) is 5.02 Å². The van der Waals surface area contributed by atoms with E-state index < -0.39 is 12.0 Å². The summed E-state index contributed by atoms with van der Waals surface area (Å²) in [6.45, 7) is 0. The summed E-state index contributed by atoms with van der Waals surface area (Å²) in [7, 11) is 1.47. The Balaban J connectivity index is 1.92. The molecular weight excluding hydrogens is 368 g/mol. The van der Waals surface area contributed by atoms with Gasteiger partial charge in [0.2, 0.25) is 0 Å². The van der Waals surface area contributed by atoms with Gasteiger partial charge in [-0.25, -0.2) is 0 Å². The van der Waals surface area contributed by atoms with E-state index in [4.69, 9.17) is 16.0 Å². The van der Waals surface area contributed by atoms with Gasteiger partial charge in [-0.1, -0.05) is 43.0 Å². The minimum absolute atomic E-state index is 0.0256. The maximum absolute atomic E-state index is 12.8. The van der Waals surface area contributed by atoms with Gasteiger partial charge >= 0.3 is 0 Å². The lowest BCUT2D eigenvalue weighted by Gasteiger charge is -2.22. The number of aliphatic hydroxyl groups excluding tert-OH is 1. The molecule has 1 saturated carbocycles. The fourth-order valence-electron chi connectivity index (χ4n) is 3.36. The lowest BCUT2D eigenvalue weighted by atomic mass is 9.95. The molecule has 0 aliphatic heterocycles. The molecule has 0 bridgehead atoms. The molecule has 2 aromatic rings. The van der Waals surface area contributed by atoms with E-state index in [-0.39, 0.29) is 29.0 Å². The van der Waals surface area contributed by atoms with Gasteiger partial charge in [0, 0.05) is 24.2 Å². The smallest absolute Gasteiger partial charge is 0.286 e. The molecule has 7 heteroatoms. The van der Waals surface area contributed by atoms with Crippen LogP contribution in [0.5, 0.6) is 0 Å². The van der Waals surface area contributed by atoms with Crippen LogP contribution in [0.15, 0.2) is 34.7 Å². The highest BCUT2D eigenvalue weighted by Crippen LogP contribution is 2.30. The number of hydrogen-bond acceptors (Lipinski definition) is 4. The molecule has 1 aromatic heterocycles. The van der Waals surface area contributed by atoms with Crippen LogP contribution in [0.1, 0.15) is 70.4 Å². The molecule has 1 aliphatic carbocycles. The first-order valence-electron chi connectivity index (χ1n) is 9.09. The van der Waals surface area contributed by atoms with Gasteiger partial charge in [0.15, 0.2) is 11.5 Å². The fourth-order valence-corrected chi connectivity index (χ4v) is 3.56. The van der Waals surface area contributed by atoms with E-state index in [1.54, 1.807) is 24.3 Å². The summed E-state index contributed by atoms with van der Waals surface area (Å²) in [4.78, 5) is 24.8. The van der Waals surface area contributed by atoms with Crippen LogP contribution < -0.4 is 10.6 Å². The third-order valence-corrected chi connectivity index (χ3v) is 5.04. The van der Waals surface area contributed by atoms with Gasteiger partial charge in [-0.3, -0.25) is 9.59 Å². The van der Waals surface area contributed by atoms with E-state index in [0.29, 0.717) is 10.6 Å². The zero-order chi connectivity index (χ0) is 19.4. The monoisotopic (exact) mass is 390 g/mol. The SMILES string of the molecule is CNC(=O)c1cc(C(=O)NC2CCCCC2)c(C(O)c2cccc(Cl)c2)o1. The number of halogens is 1. The van der Waals surface area contributed by atoms with Crippen molar-refractivity contribution in [2.24, 2.45) is 0 Å². The molecule has 27 heavy (non-hydrogen) atoms. The third-order valence-electron chi connectivity index (χ3n) is 4.81. The number of aliphatic hydroxyl groups is 1. The predicted molar refractivity (Wildman–Crippen MR) is 102 cm³/mol. The van der Waals surface area contributed by atoms with Crippen molar-refractivity contribution in [3.05, 3.63) is 58.0 Å². The summed E-state index contributed by atoms with van der Waals surface area (Å²) in [5, 5.41) is 16.7. The van der Waals surface area contributed by atoms with Crippen molar-refractivity contribution in [3.8, 4) is 0 Å². The fraction of sp³-hybridized carbons (Fsp3) is 0.400. The van der Waals surface area contributed by atoms with Gasteiger partial charge in [-0.05, 0) is 30.5 Å². The summed E-state index contributed by atoms with van der Waals surface area (Å²) in [6, 6.07) is 8.14. The number of rotatable bonds is 5. The van der Waals surface area contributed by atoms with Gasteiger partial charge < -0.3 is 20.2 Å². The Hall–Kier alpha value is -2.31. The number of hydrogen-bond donors (Lipinski definition) is 3. The first-order valence-corrected chi connectivity index (χ1v) is 9.47. The van der Waals surface area contributed by atoms with Crippen molar-refractivity contribution in [1.29, 1.82) is 0 Å². The Labute approximate surface area is 162 Å². The first-order chi connectivity index (χ1) is 13.0. The molecule has 144 valence electrons. The lowest BCUT2D eigenvalue weighted by Crippen LogP contribution is -2.36. The van der Waals surface area contributed by atoms with Gasteiger partial charge in [0.1, 0.15) is 6.10 Å². The van der Waals surface area contributed by atoms with E-state index in [1.165, 1.54) is 19.5 Å². The largest absolute Gasteiger partial charge is 0.452 e. The van der Waals surface area contributed by atoms with Crippen molar-refractivity contribution in [3.63, 3.8) is 0 Å². The van der Waals surface area contributed by atoms with Crippen LogP contribution in [0.3, 0.4) is 0 Å². The Morgan fingerprint density at radius 1 is 1.19 bits per heavy atom. The van der Waals surface area contributed by atoms with E-state index in [9.17, 15) is 14.7 Å². The molecule has 1 aromatic carbocycles. The van der Waals surface area contributed by atoms with Crippen LogP contribution in [-0.4, -0.2) is 30.0 Å². The molecule has 2 amide bonds. The molecule has 3 rings (SSSR count). The zero-order valence-electron chi connectivity index (χ0n) is 15.1. The summed E-state index contributed by atoms with van der Waals surface area (Å²) in [5.41, 5.74) is 0.638. The maximum atomic E-state index is 12.8. The second-order valence-corrected chi connectivity index (χ2v) is 7.17. The highest BCUT2D eigenvalue weighted by molar-refractivity contribution is 6.30. The van der Waals surface area contributed by atoms with Crippen LogP contribution in [0.4, 0.5) is 0 Å². The van der Waals surface area contributed by atoms with Crippen molar-refractivity contribution in [1.82, 2.24) is 10.6 Å². The highest BCUT2D eigenvalue weighted by atomic mass is 35.5. The second kappa shape index (κ2) is 8.59. The second-order valence-electron chi connectivity index (χ2n) is 6.73. The molecule has 0 spiro atoms. The number of benzene rings is 1. The van der Waals surface area contributed by atoms with Gasteiger partial charge in [0.05, 0.1) is 5.56 Å². The van der Waals surface area contributed by atoms with Gasteiger partial charge in [-0.15, -0.1) is 0 Å². The molecule has 1 heterocycles. The summed E-state index contributed by atoms with van der Waals surface area (Å²) >= 11 is 6.00. The number of furan rings is 1. The summed E-state index contributed by atoms with van der Waals surface area (Å²) in [6.07, 6.45) is 3.98. The number of amides is 2. The van der Waals surface area contributed by atoms with E-state index in [1.807, 2.05) is 0 Å². The predicted octanol–water partition coefficient (Wildman–Crippen LogP) is 3.44. The molecular formula is C20H23ClN2O4. The van der Waals surface area contributed by atoms with Crippen LogP contribution in [-0.2, 0) is 0 Å². The van der Waals surface area contributed by atoms with Crippen molar-refractivity contribution < 1.29 is 19.1 Å². The average Bonchev–Trinajstić information content (AvgIpc) is 3.13. The zero-order valence-corrected chi connectivity index (χ0v) is 15.9. The molecule has 1 fully saturated rings. The molecule has 6 nitrogen and oxygen atoms in total. The minimum Gasteiger partial charge on any atom is -0.452 e. The van der Waals surface area contributed by atoms with Crippen LogP contribution in [0, 0.1) is 0 Å². The van der Waals surface area contributed by atoms with Crippen molar-refractivity contribution in [2.75, 3.05) is 7.05 Å². The first kappa shape index (κ1) is 19.5. The van der Waals surface area contributed by atoms with E-state index in [2.05, 4.69) is 10.6 Å². The number of carbonyl (C=O) groups is 2. The lowest BCUT2D eigenvalue weighted by molar-refractivity contribution is 0.0906. The third kappa shape index (κ3) is 4.51. The van der Waals surface area contributed by atoms with E-state index in [0.717, 1.165) is 25.7 Å². The van der Waals surface area contributed by atoms with Crippen LogP contribution in [0.25, 0.3) is 0 Å². The molecule has 1 unspecified atom stereocenters. The Morgan fingerprint density at radius 3 is 2.59 bits per heavy atom. The van der Waals surface area contributed by atoms with E-state index >= 15 is 0 Å². The minimum atomic E-state index is -1.21. The Bertz CT molecular complexity index is 827. The van der Waals surface area contributed by atoms with Crippen LogP contribution >= 0.6 is 11.6 Å². The van der Waals surface area contributed by atoms with Gasteiger partial charge in [0.25, 0.3) is 11.8 Å². The number of nitrogens with one attached hydrogen (secondary N) is 2. The average molecular weight is 391 g/mol. The molecule has 0 saturated heterocycles. The number of carbonyl (C=O) groups excluding carboxylic acids is 2. The molecule has 3 N–H and O–H groups in total. The Morgan fingerprint density at radius 2 is 1.93 bits per heavy atom. The molecule has 1 aliphatic rings. The highest BCUT2D eigenvalue weighted by Gasteiger charge is 2.28. The maximum Gasteiger partial charge on any atom is 0.286 e. The summed E-state index contributed by atoms with van der Waals surface area (Å²) in [5.74, 6) is -0.810. The standard InChI is InChI=1S/C20H23ClN2O4/c1-22-20(26)16-11-15(19(25)23-14-8-3-2-4-9-14)18(27-16)17(24)12-6-5-7-13(21)10-12/h5-7,10-11,14,17,24H,2-4,8-9H2,1H3,(H,22,26)(H,23,25). The molecule has 1 atom stereocenters. The van der Waals surface area contributed by atoms with Crippen molar-refractivity contribution >= 4 is 23.4 Å². The van der Waals surface area contributed by atoms with Crippen molar-refractivity contribution in [2.45, 2.75) is 44.2 Å². The summed E-state index contributed by atoms with van der Waals surface area (Å²) < 4.78 is 5.57. The topological polar surface area (TPSA) is 91.6 Å². The normalized spacial score (nSPS) is 16.0. The quantitative estimate of drug-likeness (QED) is 0.729. The Kier molecular flexibility index (Phi) is 6.19. The molecule has 0 radical (unpaired) electrons.